The lowest BCUT2D eigenvalue weighted by Crippen LogP contribution is -2.03. The van der Waals surface area contributed by atoms with Crippen LogP contribution in [0.1, 0.15) is 0 Å². The molecule has 0 bridgehead atoms. The second-order valence-electron chi connectivity index (χ2n) is 15.2. The summed E-state index contributed by atoms with van der Waals surface area (Å²) >= 11 is 1.82. The quantitative estimate of drug-likeness (QED) is 0.176. The van der Waals surface area contributed by atoms with Gasteiger partial charge in [0.15, 0.2) is 0 Å². The highest BCUT2D eigenvalue weighted by Crippen LogP contribution is 2.52. The predicted octanol–water partition coefficient (Wildman–Crippen LogP) is 14.3. The molecule has 0 N–H and O–H groups in total. The molecule has 5 nitrogen and oxygen atoms in total. The molecule has 0 unspecified atom stereocenters. The van der Waals surface area contributed by atoms with E-state index in [9.17, 15) is 0 Å². The van der Waals surface area contributed by atoms with Crippen molar-refractivity contribution in [3.63, 3.8) is 0 Å². The Labute approximate surface area is 334 Å². The van der Waals surface area contributed by atoms with Gasteiger partial charge < -0.3 is 8.98 Å². The smallest absolute Gasteiger partial charge is 0.238 e. The van der Waals surface area contributed by atoms with Crippen LogP contribution in [0.15, 0.2) is 174 Å². The van der Waals surface area contributed by atoms with Gasteiger partial charge in [-0.3, -0.25) is 4.57 Å². The molecule has 14 rings (SSSR count). The van der Waals surface area contributed by atoms with E-state index in [-0.39, 0.29) is 0 Å². The number of benzene rings is 8. The van der Waals surface area contributed by atoms with E-state index < -0.39 is 0 Å². The highest BCUT2D eigenvalue weighted by atomic mass is 32.1. The average molecular weight is 757 g/mol. The van der Waals surface area contributed by atoms with Crippen molar-refractivity contribution >= 4 is 97.2 Å². The van der Waals surface area contributed by atoms with E-state index >= 15 is 0 Å². The number of rotatable bonds is 2. The van der Waals surface area contributed by atoms with Gasteiger partial charge >= 0.3 is 0 Å². The van der Waals surface area contributed by atoms with Crippen LogP contribution in [0.5, 0.6) is 0 Å². The summed E-state index contributed by atoms with van der Waals surface area (Å²) in [5.74, 6) is 0.574. The molecule has 268 valence electrons. The Hall–Kier alpha value is -7.54. The number of thiophene rings is 1. The van der Waals surface area contributed by atoms with Crippen molar-refractivity contribution in [2.75, 3.05) is 0 Å². The van der Waals surface area contributed by atoms with Gasteiger partial charge in [-0.1, -0.05) is 127 Å². The number of furan rings is 1. The molecule has 8 aromatic carbocycles. The van der Waals surface area contributed by atoms with E-state index in [1.165, 1.54) is 75.3 Å². The zero-order valence-corrected chi connectivity index (χ0v) is 31.6. The van der Waals surface area contributed by atoms with Crippen molar-refractivity contribution in [3.05, 3.63) is 170 Å². The number of nitrogens with zero attached hydrogens (tertiary/aromatic N) is 4. The summed E-state index contributed by atoms with van der Waals surface area (Å²) in [5, 5.41) is 9.07. The third kappa shape index (κ3) is 3.85. The van der Waals surface area contributed by atoms with E-state index in [2.05, 4.69) is 167 Å². The fraction of sp³-hybridized carbons (Fsp3) is 0. The van der Waals surface area contributed by atoms with Gasteiger partial charge in [-0.15, -0.1) is 11.3 Å². The van der Waals surface area contributed by atoms with Crippen molar-refractivity contribution < 1.29 is 4.42 Å². The molecular weight excluding hydrogens is 729 g/mol. The van der Waals surface area contributed by atoms with Crippen LogP contribution < -0.4 is 0 Å². The molecule has 5 aromatic heterocycles. The van der Waals surface area contributed by atoms with E-state index in [1.54, 1.807) is 0 Å². The maximum atomic E-state index is 6.68. The van der Waals surface area contributed by atoms with Gasteiger partial charge in [-0.25, -0.2) is 4.98 Å². The van der Waals surface area contributed by atoms with Crippen LogP contribution >= 0.6 is 11.3 Å². The highest BCUT2D eigenvalue weighted by Gasteiger charge is 2.30. The van der Waals surface area contributed by atoms with E-state index in [1.807, 2.05) is 23.5 Å². The minimum atomic E-state index is 0.570. The first-order valence-corrected chi connectivity index (χ1v) is 20.4. The van der Waals surface area contributed by atoms with Crippen LogP contribution in [0, 0.1) is 0 Å². The van der Waals surface area contributed by atoms with Crippen LogP contribution in [0.3, 0.4) is 0 Å². The summed E-state index contributed by atoms with van der Waals surface area (Å²) in [7, 11) is 0. The van der Waals surface area contributed by atoms with Gasteiger partial charge in [0.05, 0.1) is 38.8 Å². The summed E-state index contributed by atoms with van der Waals surface area (Å²) in [6, 6.07) is 61.1. The maximum absolute atomic E-state index is 6.68. The lowest BCUT2D eigenvalue weighted by Gasteiger charge is -2.13. The first-order valence-electron chi connectivity index (χ1n) is 19.6. The molecule has 0 spiro atoms. The van der Waals surface area contributed by atoms with Crippen LogP contribution in [0.25, 0.3) is 131 Å². The van der Waals surface area contributed by atoms with Crippen molar-refractivity contribution in [2.45, 2.75) is 0 Å². The number of hydrogen-bond acceptors (Lipinski definition) is 4. The molecule has 0 saturated carbocycles. The third-order valence-electron chi connectivity index (χ3n) is 12.3. The summed E-state index contributed by atoms with van der Waals surface area (Å²) in [6.07, 6.45) is 0. The summed E-state index contributed by atoms with van der Waals surface area (Å²) in [5.41, 5.74) is 13.8. The fourth-order valence-corrected chi connectivity index (χ4v) is 11.1. The fourth-order valence-electron chi connectivity index (χ4n) is 10.0. The van der Waals surface area contributed by atoms with Crippen LogP contribution in [-0.2, 0) is 0 Å². The molecule has 1 aliphatic heterocycles. The number of para-hydroxylation sites is 4. The standard InChI is InChI=1S/C52H28N4OS/c1-2-17-32-29(14-1)30-15-3-8-22-38(30)55-39-23-9-4-16-31(39)37-28-41-46(47(32)50(37)55)33-18-5-10-24-40(33)56(41)52-53-49(48-34-19-6-11-25-42(34)57-51(48)54-52)36-21-13-27-44-45(36)35-20-7-12-26-43(35)58-44/h1-28H. The Kier molecular flexibility index (Phi) is 5.85. The minimum Gasteiger partial charge on any atom is -0.437 e. The van der Waals surface area contributed by atoms with Crippen molar-refractivity contribution in [1.82, 2.24) is 19.1 Å². The zero-order chi connectivity index (χ0) is 37.6. The zero-order valence-electron chi connectivity index (χ0n) is 30.8. The maximum Gasteiger partial charge on any atom is 0.238 e. The molecule has 58 heavy (non-hydrogen) atoms. The topological polar surface area (TPSA) is 48.8 Å². The molecule has 0 radical (unpaired) electrons. The van der Waals surface area contributed by atoms with Gasteiger partial charge in [0.2, 0.25) is 11.7 Å². The largest absolute Gasteiger partial charge is 0.437 e. The van der Waals surface area contributed by atoms with Crippen LogP contribution in [-0.4, -0.2) is 19.1 Å². The number of fused-ring (bicyclic) bond motifs is 18. The Balaban J connectivity index is 1.19. The molecule has 6 heteroatoms. The highest BCUT2D eigenvalue weighted by molar-refractivity contribution is 7.25. The molecule has 0 aliphatic carbocycles. The van der Waals surface area contributed by atoms with Crippen molar-refractivity contribution in [1.29, 1.82) is 0 Å². The number of hydrogen-bond donors (Lipinski definition) is 0. The normalized spacial score (nSPS) is 12.5. The first kappa shape index (κ1) is 30.7. The lowest BCUT2D eigenvalue weighted by molar-refractivity contribution is 0.651. The van der Waals surface area contributed by atoms with Crippen LogP contribution in [0.4, 0.5) is 0 Å². The lowest BCUT2D eigenvalue weighted by atomic mass is 9.91. The summed E-state index contributed by atoms with van der Waals surface area (Å²) in [6.45, 7) is 0. The molecule has 0 amide bonds. The Morgan fingerprint density at radius 2 is 1.09 bits per heavy atom. The second kappa shape index (κ2) is 11.1. The van der Waals surface area contributed by atoms with Gasteiger partial charge in [0.25, 0.3) is 0 Å². The molecule has 0 atom stereocenters. The Bertz CT molecular complexity index is 3940. The molecule has 0 saturated heterocycles. The van der Waals surface area contributed by atoms with Crippen molar-refractivity contribution in [2.24, 2.45) is 0 Å². The first-order chi connectivity index (χ1) is 28.8. The van der Waals surface area contributed by atoms with Gasteiger partial charge in [0.1, 0.15) is 5.58 Å². The van der Waals surface area contributed by atoms with E-state index in [0.29, 0.717) is 11.7 Å². The van der Waals surface area contributed by atoms with Crippen LogP contribution in [0.2, 0.25) is 0 Å². The van der Waals surface area contributed by atoms with Gasteiger partial charge in [-0.05, 0) is 53.6 Å². The Morgan fingerprint density at radius 3 is 1.97 bits per heavy atom. The molecule has 1 aliphatic rings. The Morgan fingerprint density at radius 1 is 0.431 bits per heavy atom. The molecule has 6 heterocycles. The predicted molar refractivity (Wildman–Crippen MR) is 241 cm³/mol. The van der Waals surface area contributed by atoms with Gasteiger partial charge in [0, 0.05) is 63.8 Å². The third-order valence-corrected chi connectivity index (χ3v) is 13.4. The monoisotopic (exact) mass is 756 g/mol. The molecular formula is C52H28N4OS. The average Bonchev–Trinajstić information content (AvgIpc) is 4.01. The second-order valence-corrected chi connectivity index (χ2v) is 16.3. The van der Waals surface area contributed by atoms with E-state index in [0.717, 1.165) is 44.0 Å². The van der Waals surface area contributed by atoms with Gasteiger partial charge in [-0.2, -0.15) is 4.98 Å². The summed E-state index contributed by atoms with van der Waals surface area (Å²) < 4.78 is 13.9. The SMILES string of the molecule is c1ccc2c(c1)-c1ccccc1-n1c3ccccc3c3cc4c(c-2c31)c1ccccc1n4-c1nc(-c2cccc3sc4ccccc4c23)c2c(n1)oc1ccccc12. The van der Waals surface area contributed by atoms with E-state index in [4.69, 9.17) is 14.4 Å². The molecule has 0 fully saturated rings. The van der Waals surface area contributed by atoms with Crippen molar-refractivity contribution in [3.8, 4) is 45.1 Å². The number of aromatic nitrogens is 4. The summed E-state index contributed by atoms with van der Waals surface area (Å²) in [4.78, 5) is 11.0. The minimum absolute atomic E-state index is 0.570. The molecule has 13 aromatic rings.